The summed E-state index contributed by atoms with van der Waals surface area (Å²) in [5.41, 5.74) is 17.0. The predicted octanol–water partition coefficient (Wildman–Crippen LogP) is 16.3. The fourth-order valence-corrected chi connectivity index (χ4v) is 13.5. The highest BCUT2D eigenvalue weighted by molar-refractivity contribution is 7.03. The Morgan fingerprint density at radius 1 is 0.250 bits per heavy atom. The summed E-state index contributed by atoms with van der Waals surface area (Å²) in [7, 11) is 0. The zero-order chi connectivity index (χ0) is 46.8. The molecule has 0 saturated carbocycles. The highest BCUT2D eigenvalue weighted by Gasteiger charge is 2.46. The highest BCUT2D eigenvalue weighted by atomic mass is 15.2. The van der Waals surface area contributed by atoms with Crippen LogP contribution in [0, 0.1) is 0 Å². The van der Waals surface area contributed by atoms with Crippen LogP contribution in [-0.4, -0.2) is 11.3 Å². The number of benzene rings is 14. The third-order valence-corrected chi connectivity index (χ3v) is 16.4. The molecule has 1 aromatic heterocycles. The number of hydrogen-bond donors (Lipinski definition) is 0. The first-order valence-corrected chi connectivity index (χ1v) is 25.1. The molecule has 3 nitrogen and oxygen atoms in total. The fraction of sp³-hybridized carbons (Fsp3) is 0. The molecule has 0 spiro atoms. The van der Waals surface area contributed by atoms with Crippen molar-refractivity contribution in [2.24, 2.45) is 0 Å². The maximum absolute atomic E-state index is 2.59. The van der Waals surface area contributed by atoms with Crippen molar-refractivity contribution in [3.63, 3.8) is 0 Å². The van der Waals surface area contributed by atoms with E-state index in [2.05, 4.69) is 257 Å². The summed E-state index contributed by atoms with van der Waals surface area (Å²) in [5, 5.41) is 18.1. The summed E-state index contributed by atoms with van der Waals surface area (Å²) < 4.78 is 2.43. The lowest BCUT2D eigenvalue weighted by molar-refractivity contribution is 1.18. The first-order chi connectivity index (χ1) is 35.7. The maximum Gasteiger partial charge on any atom is 0.253 e. The van der Waals surface area contributed by atoms with E-state index in [1.165, 1.54) is 137 Å². The minimum Gasteiger partial charge on any atom is -0.311 e. The van der Waals surface area contributed by atoms with E-state index >= 15 is 0 Å². The number of fused-ring (bicyclic) bond motifs is 9. The summed E-state index contributed by atoms with van der Waals surface area (Å²) in [6, 6.07) is 91.4. The molecular weight excluding hydrogens is 870 g/mol. The van der Waals surface area contributed by atoms with Gasteiger partial charge in [0.15, 0.2) is 0 Å². The lowest BCUT2D eigenvalue weighted by Gasteiger charge is -2.45. The molecule has 72 heavy (non-hydrogen) atoms. The summed E-state index contributed by atoms with van der Waals surface area (Å²) in [6.45, 7) is -0.105. The maximum atomic E-state index is 2.59. The molecule has 0 fully saturated rings. The SMILES string of the molecule is c1ccc(N2c3cc(-c4ccc5c6ccccc6n(-c6ccccc6)c5c4)cc4c3B(c3c2cc2ccc5cccc6ccc3c2c56)c2c(cc3ccc5cccc6ccc2c3c56)N4c2ccccc2)cc1. The third kappa shape index (κ3) is 5.05. The van der Waals surface area contributed by atoms with Crippen molar-refractivity contribution in [1.82, 2.24) is 4.57 Å². The Morgan fingerprint density at radius 2 is 0.681 bits per heavy atom. The molecule has 0 N–H and O–H groups in total. The second-order valence-electron chi connectivity index (χ2n) is 20.0. The molecule has 4 heteroatoms. The topological polar surface area (TPSA) is 11.4 Å². The van der Waals surface area contributed by atoms with Crippen molar-refractivity contribution < 1.29 is 0 Å². The minimum atomic E-state index is -0.105. The van der Waals surface area contributed by atoms with Crippen molar-refractivity contribution >= 4 is 144 Å². The lowest BCUT2D eigenvalue weighted by atomic mass is 9.32. The Kier molecular flexibility index (Phi) is 7.55. The quantitative estimate of drug-likeness (QED) is 0.129. The Labute approximate surface area is 415 Å². The van der Waals surface area contributed by atoms with Gasteiger partial charge in [-0.15, -0.1) is 0 Å². The van der Waals surface area contributed by atoms with Crippen molar-refractivity contribution in [1.29, 1.82) is 0 Å². The van der Waals surface area contributed by atoms with Gasteiger partial charge in [0, 0.05) is 50.6 Å². The number of rotatable bonds is 4. The average Bonchev–Trinajstić information content (AvgIpc) is 3.77. The van der Waals surface area contributed by atoms with Crippen molar-refractivity contribution in [2.45, 2.75) is 0 Å². The summed E-state index contributed by atoms with van der Waals surface area (Å²) in [5.74, 6) is 0. The number of nitrogens with zero attached hydrogens (tertiary/aromatic N) is 3. The first-order valence-electron chi connectivity index (χ1n) is 25.1. The monoisotopic (exact) mass is 909 g/mol. The normalized spacial score (nSPS) is 13.2. The minimum absolute atomic E-state index is 0.105. The molecule has 0 atom stereocenters. The summed E-state index contributed by atoms with van der Waals surface area (Å²) >= 11 is 0. The molecule has 0 bridgehead atoms. The molecule has 330 valence electrons. The predicted molar refractivity (Wildman–Crippen MR) is 308 cm³/mol. The van der Waals surface area contributed by atoms with Gasteiger partial charge in [0.25, 0.3) is 6.71 Å². The van der Waals surface area contributed by atoms with E-state index in [-0.39, 0.29) is 6.71 Å². The van der Waals surface area contributed by atoms with Gasteiger partial charge in [-0.3, -0.25) is 0 Å². The zero-order valence-corrected chi connectivity index (χ0v) is 39.0. The molecule has 0 saturated heterocycles. The van der Waals surface area contributed by atoms with E-state index in [0.29, 0.717) is 0 Å². The van der Waals surface area contributed by atoms with E-state index in [1.807, 2.05) is 0 Å². The van der Waals surface area contributed by atoms with Gasteiger partial charge in [0.05, 0.1) is 11.0 Å². The van der Waals surface area contributed by atoms with Crippen LogP contribution in [0.25, 0.3) is 103 Å². The molecule has 2 aliphatic rings. The van der Waals surface area contributed by atoms with E-state index in [4.69, 9.17) is 0 Å². The standard InChI is InChI=1S/C68H40BN3/c1-4-18-49(19-5-1)70-56-25-11-10-24-52(56)53-33-32-45(36-57(53)70)48-39-60-68-61(40-48)72(51-22-8-3-9-23-51)59-38-47-29-27-42-15-13-17-44-31-35-55(65(47)63(42)44)67(59)69(68)66-54-34-30-43-16-12-14-41-26-28-46(64(54)62(41)43)37-58(66)71(60)50-20-6-2-7-21-50/h1-40H. The van der Waals surface area contributed by atoms with Crippen molar-refractivity contribution in [3.05, 3.63) is 243 Å². The van der Waals surface area contributed by atoms with Crippen molar-refractivity contribution in [3.8, 4) is 16.8 Å². The van der Waals surface area contributed by atoms with Crippen LogP contribution in [0.2, 0.25) is 0 Å². The molecule has 0 amide bonds. The molecule has 14 aromatic carbocycles. The number of anilines is 6. The van der Waals surface area contributed by atoms with Gasteiger partial charge in [-0.25, -0.2) is 0 Å². The van der Waals surface area contributed by atoms with Crippen LogP contribution >= 0.6 is 0 Å². The van der Waals surface area contributed by atoms with Crippen LogP contribution in [0.5, 0.6) is 0 Å². The van der Waals surface area contributed by atoms with E-state index < -0.39 is 0 Å². The van der Waals surface area contributed by atoms with E-state index in [9.17, 15) is 0 Å². The van der Waals surface area contributed by atoms with Gasteiger partial charge in [0.2, 0.25) is 0 Å². The Balaban J connectivity index is 1.05. The van der Waals surface area contributed by atoms with Gasteiger partial charge in [-0.1, -0.05) is 170 Å². The second-order valence-corrected chi connectivity index (χ2v) is 20.0. The van der Waals surface area contributed by atoms with Gasteiger partial charge < -0.3 is 14.4 Å². The van der Waals surface area contributed by atoms with Gasteiger partial charge >= 0.3 is 0 Å². The fourth-order valence-electron chi connectivity index (χ4n) is 13.5. The number of para-hydroxylation sites is 4. The molecule has 17 rings (SSSR count). The number of hydrogen-bond acceptors (Lipinski definition) is 2. The van der Waals surface area contributed by atoms with Crippen LogP contribution in [0.1, 0.15) is 0 Å². The van der Waals surface area contributed by atoms with Crippen molar-refractivity contribution in [2.75, 3.05) is 9.80 Å². The zero-order valence-electron chi connectivity index (χ0n) is 39.0. The highest BCUT2D eigenvalue weighted by Crippen LogP contribution is 2.50. The molecule has 2 aliphatic heterocycles. The van der Waals surface area contributed by atoms with Crippen LogP contribution in [0.3, 0.4) is 0 Å². The molecule has 0 unspecified atom stereocenters. The lowest BCUT2D eigenvalue weighted by Crippen LogP contribution is -2.61. The summed E-state index contributed by atoms with van der Waals surface area (Å²) in [6.07, 6.45) is 0. The van der Waals surface area contributed by atoms with Crippen LogP contribution in [-0.2, 0) is 0 Å². The van der Waals surface area contributed by atoms with Crippen LogP contribution in [0.15, 0.2) is 243 Å². The average molecular weight is 910 g/mol. The largest absolute Gasteiger partial charge is 0.311 e. The Morgan fingerprint density at radius 3 is 1.22 bits per heavy atom. The second kappa shape index (κ2) is 14.1. The molecule has 3 heterocycles. The van der Waals surface area contributed by atoms with Crippen LogP contribution < -0.4 is 26.2 Å². The molecule has 0 aliphatic carbocycles. The molecule has 15 aromatic rings. The van der Waals surface area contributed by atoms with E-state index in [0.717, 1.165) is 17.1 Å². The van der Waals surface area contributed by atoms with Gasteiger partial charge in [-0.2, -0.15) is 0 Å². The third-order valence-electron chi connectivity index (χ3n) is 16.4. The van der Waals surface area contributed by atoms with Gasteiger partial charge in [-0.05, 0) is 165 Å². The Bertz CT molecular complexity index is 4500. The molecular formula is C68H40BN3. The molecule has 0 radical (unpaired) electrons. The summed E-state index contributed by atoms with van der Waals surface area (Å²) in [4.78, 5) is 5.18. The first kappa shape index (κ1) is 38.5. The number of aromatic nitrogens is 1. The Hall–Kier alpha value is -9.38. The van der Waals surface area contributed by atoms with Gasteiger partial charge in [0.1, 0.15) is 0 Å². The smallest absolute Gasteiger partial charge is 0.253 e. The van der Waals surface area contributed by atoms with Crippen LogP contribution in [0.4, 0.5) is 34.1 Å². The van der Waals surface area contributed by atoms with E-state index in [1.54, 1.807) is 0 Å².